The normalized spacial score (nSPS) is 22.8. The highest BCUT2D eigenvalue weighted by Gasteiger charge is 2.32. The summed E-state index contributed by atoms with van der Waals surface area (Å²) in [4.78, 5) is 23.8. The highest BCUT2D eigenvalue weighted by molar-refractivity contribution is 5.97. The molecule has 0 unspecified atom stereocenters. The summed E-state index contributed by atoms with van der Waals surface area (Å²) in [6.07, 6.45) is 3.58. The van der Waals surface area contributed by atoms with Crippen molar-refractivity contribution in [3.8, 4) is 0 Å². The minimum absolute atomic E-state index is 0. The van der Waals surface area contributed by atoms with Gasteiger partial charge in [0.25, 0.3) is 0 Å². The second-order valence-corrected chi connectivity index (χ2v) is 6.06. The van der Waals surface area contributed by atoms with Crippen molar-refractivity contribution in [3.63, 3.8) is 0 Å². The molecule has 126 valence electrons. The van der Waals surface area contributed by atoms with Crippen LogP contribution in [-0.4, -0.2) is 18.4 Å². The highest BCUT2D eigenvalue weighted by atomic mass is 35.5. The summed E-state index contributed by atoms with van der Waals surface area (Å²) in [5.74, 6) is -0.731. The molecular formula is C16H21ClFN3O2. The van der Waals surface area contributed by atoms with Crippen LogP contribution in [0.5, 0.6) is 0 Å². The summed E-state index contributed by atoms with van der Waals surface area (Å²) >= 11 is 0. The average molecular weight is 342 g/mol. The van der Waals surface area contributed by atoms with Crippen molar-refractivity contribution in [3.05, 3.63) is 23.5 Å². The standard InChI is InChI=1S/C16H20FN3O2.ClH/c17-12-6-9-4-5-15(21)19-13(9)7-14(12)20-16(22)11-3-1-2-10(11)8-18;/h6-7,10-11H,1-5,8,18H2,(H,19,21)(H,20,22);1H/t10-,11-;/m1./s1. The van der Waals surface area contributed by atoms with E-state index in [0.29, 0.717) is 25.1 Å². The number of amides is 2. The van der Waals surface area contributed by atoms with Crippen LogP contribution in [0.3, 0.4) is 0 Å². The smallest absolute Gasteiger partial charge is 0.227 e. The maximum atomic E-state index is 14.1. The van der Waals surface area contributed by atoms with Crippen LogP contribution in [-0.2, 0) is 16.0 Å². The van der Waals surface area contributed by atoms with Gasteiger partial charge in [-0.1, -0.05) is 6.42 Å². The van der Waals surface area contributed by atoms with Crippen LogP contribution in [0.15, 0.2) is 12.1 Å². The molecule has 0 aromatic heterocycles. The summed E-state index contributed by atoms with van der Waals surface area (Å²) in [6, 6.07) is 2.89. The van der Waals surface area contributed by atoms with Gasteiger partial charge in [-0.15, -0.1) is 12.4 Å². The highest BCUT2D eigenvalue weighted by Crippen LogP contribution is 2.33. The van der Waals surface area contributed by atoms with E-state index in [-0.39, 0.29) is 41.7 Å². The molecule has 7 heteroatoms. The van der Waals surface area contributed by atoms with Crippen molar-refractivity contribution in [2.24, 2.45) is 17.6 Å². The zero-order chi connectivity index (χ0) is 15.7. The van der Waals surface area contributed by atoms with E-state index in [1.165, 1.54) is 12.1 Å². The third-order valence-corrected chi connectivity index (χ3v) is 4.64. The Bertz CT molecular complexity index is 624. The van der Waals surface area contributed by atoms with Crippen molar-refractivity contribution >= 4 is 35.6 Å². The number of fused-ring (bicyclic) bond motifs is 1. The Labute approximate surface area is 140 Å². The van der Waals surface area contributed by atoms with Crippen LogP contribution >= 0.6 is 12.4 Å². The third-order valence-electron chi connectivity index (χ3n) is 4.64. The van der Waals surface area contributed by atoms with Crippen LogP contribution in [0.25, 0.3) is 0 Å². The van der Waals surface area contributed by atoms with Crippen LogP contribution in [0.4, 0.5) is 15.8 Å². The van der Waals surface area contributed by atoms with Gasteiger partial charge in [0.15, 0.2) is 0 Å². The molecule has 3 rings (SSSR count). The lowest BCUT2D eigenvalue weighted by Crippen LogP contribution is -2.30. The Morgan fingerprint density at radius 2 is 2.13 bits per heavy atom. The van der Waals surface area contributed by atoms with Gasteiger partial charge in [-0.3, -0.25) is 9.59 Å². The topological polar surface area (TPSA) is 84.2 Å². The van der Waals surface area contributed by atoms with Crippen molar-refractivity contribution in [1.82, 2.24) is 0 Å². The second-order valence-electron chi connectivity index (χ2n) is 6.06. The monoisotopic (exact) mass is 341 g/mol. The Morgan fingerprint density at radius 1 is 1.35 bits per heavy atom. The number of benzene rings is 1. The molecule has 1 heterocycles. The first-order chi connectivity index (χ1) is 10.6. The van der Waals surface area contributed by atoms with Gasteiger partial charge < -0.3 is 16.4 Å². The lowest BCUT2D eigenvalue weighted by atomic mass is 9.95. The van der Waals surface area contributed by atoms with Crippen LogP contribution < -0.4 is 16.4 Å². The number of carbonyl (C=O) groups excluding carboxylic acids is 2. The van der Waals surface area contributed by atoms with Crippen molar-refractivity contribution in [1.29, 1.82) is 0 Å². The summed E-state index contributed by atoms with van der Waals surface area (Å²) in [7, 11) is 0. The van der Waals surface area contributed by atoms with E-state index in [1.807, 2.05) is 0 Å². The third kappa shape index (κ3) is 3.64. The predicted molar refractivity (Wildman–Crippen MR) is 89.1 cm³/mol. The Balaban J connectivity index is 0.00000192. The zero-order valence-corrected chi connectivity index (χ0v) is 13.5. The Hall–Kier alpha value is -1.66. The van der Waals surface area contributed by atoms with Crippen molar-refractivity contribution in [2.75, 3.05) is 17.2 Å². The van der Waals surface area contributed by atoms with Crippen molar-refractivity contribution < 1.29 is 14.0 Å². The minimum Gasteiger partial charge on any atom is -0.330 e. The molecule has 5 nitrogen and oxygen atoms in total. The van der Waals surface area contributed by atoms with E-state index in [9.17, 15) is 14.0 Å². The van der Waals surface area contributed by atoms with E-state index in [2.05, 4.69) is 10.6 Å². The number of hydrogen-bond acceptors (Lipinski definition) is 3. The number of carbonyl (C=O) groups is 2. The molecule has 0 bridgehead atoms. The fourth-order valence-electron chi connectivity index (χ4n) is 3.38. The summed E-state index contributed by atoms with van der Waals surface area (Å²) in [5, 5.41) is 5.37. The number of rotatable bonds is 3. The fraction of sp³-hybridized carbons (Fsp3) is 0.500. The van der Waals surface area contributed by atoms with Gasteiger partial charge >= 0.3 is 0 Å². The molecule has 2 atom stereocenters. The van der Waals surface area contributed by atoms with Gasteiger partial charge in [-0.05, 0) is 49.4 Å². The minimum atomic E-state index is -0.467. The molecule has 0 spiro atoms. The quantitative estimate of drug-likeness (QED) is 0.789. The Kier molecular flexibility index (Phi) is 5.59. The molecule has 2 amide bonds. The van der Waals surface area contributed by atoms with Crippen molar-refractivity contribution in [2.45, 2.75) is 32.1 Å². The molecule has 23 heavy (non-hydrogen) atoms. The predicted octanol–water partition coefficient (Wildman–Crippen LogP) is 2.45. The van der Waals surface area contributed by atoms with Gasteiger partial charge in [0, 0.05) is 18.0 Å². The van der Waals surface area contributed by atoms with E-state index < -0.39 is 5.82 Å². The molecule has 1 aliphatic heterocycles. The molecule has 1 aromatic rings. The molecule has 4 N–H and O–H groups in total. The number of aryl methyl sites for hydroxylation is 1. The molecular weight excluding hydrogens is 321 g/mol. The summed E-state index contributed by atoms with van der Waals surface area (Å²) < 4.78 is 14.1. The zero-order valence-electron chi connectivity index (χ0n) is 12.7. The number of hydrogen-bond donors (Lipinski definition) is 3. The first-order valence-electron chi connectivity index (χ1n) is 7.71. The molecule has 1 saturated carbocycles. The summed E-state index contributed by atoms with van der Waals surface area (Å²) in [6.45, 7) is 0.473. The Morgan fingerprint density at radius 3 is 2.87 bits per heavy atom. The number of nitrogens with one attached hydrogen (secondary N) is 2. The number of nitrogens with two attached hydrogens (primary N) is 1. The molecule has 0 radical (unpaired) electrons. The van der Waals surface area contributed by atoms with Gasteiger partial charge in [0.1, 0.15) is 5.82 Å². The SMILES string of the molecule is Cl.NC[C@H]1CCC[C@H]1C(=O)Nc1cc2c(cc1F)CCC(=O)N2. The number of anilines is 2. The van der Waals surface area contributed by atoms with E-state index in [1.54, 1.807) is 0 Å². The number of halogens is 2. The van der Waals surface area contributed by atoms with Gasteiger partial charge in [-0.2, -0.15) is 0 Å². The van der Waals surface area contributed by atoms with Crippen LogP contribution in [0, 0.1) is 17.7 Å². The first-order valence-corrected chi connectivity index (χ1v) is 7.71. The fourth-order valence-corrected chi connectivity index (χ4v) is 3.38. The molecule has 1 fully saturated rings. The largest absolute Gasteiger partial charge is 0.330 e. The van der Waals surface area contributed by atoms with Gasteiger partial charge in [-0.25, -0.2) is 4.39 Å². The maximum absolute atomic E-state index is 14.1. The van der Waals surface area contributed by atoms with E-state index >= 15 is 0 Å². The first kappa shape index (κ1) is 17.7. The van der Waals surface area contributed by atoms with E-state index in [0.717, 1.165) is 24.8 Å². The maximum Gasteiger partial charge on any atom is 0.227 e. The van der Waals surface area contributed by atoms with Gasteiger partial charge in [0.05, 0.1) is 5.69 Å². The lowest BCUT2D eigenvalue weighted by Gasteiger charge is -2.20. The molecule has 1 aromatic carbocycles. The second kappa shape index (κ2) is 7.27. The van der Waals surface area contributed by atoms with Crippen LogP contribution in [0.1, 0.15) is 31.2 Å². The molecule has 0 saturated heterocycles. The average Bonchev–Trinajstić information content (AvgIpc) is 2.97. The molecule has 1 aliphatic carbocycles. The molecule has 2 aliphatic rings. The summed E-state index contributed by atoms with van der Waals surface area (Å²) in [5.41, 5.74) is 7.15. The van der Waals surface area contributed by atoms with E-state index in [4.69, 9.17) is 5.73 Å². The van der Waals surface area contributed by atoms with Crippen LogP contribution in [0.2, 0.25) is 0 Å². The van der Waals surface area contributed by atoms with Gasteiger partial charge in [0.2, 0.25) is 11.8 Å². The lowest BCUT2D eigenvalue weighted by molar-refractivity contribution is -0.120.